The highest BCUT2D eigenvalue weighted by Gasteiger charge is 2.17. The first-order chi connectivity index (χ1) is 12.2. The summed E-state index contributed by atoms with van der Waals surface area (Å²) in [6.07, 6.45) is 0. The summed E-state index contributed by atoms with van der Waals surface area (Å²) in [6.45, 7) is 0.761. The molecule has 9 heteroatoms. The van der Waals surface area contributed by atoms with Crippen LogP contribution in [0.2, 0.25) is 0 Å². The highest BCUT2D eigenvalue weighted by molar-refractivity contribution is 8.14. The van der Waals surface area contributed by atoms with E-state index in [9.17, 15) is 4.79 Å². The van der Waals surface area contributed by atoms with Gasteiger partial charge in [0, 0.05) is 18.2 Å². The molecule has 1 aliphatic heterocycles. The number of fused-ring (bicyclic) bond motifs is 1. The summed E-state index contributed by atoms with van der Waals surface area (Å²) < 4.78 is 7.66. The zero-order valence-electron chi connectivity index (χ0n) is 13.4. The van der Waals surface area contributed by atoms with Crippen molar-refractivity contribution in [1.29, 1.82) is 0 Å². The molecule has 1 amide bonds. The van der Waals surface area contributed by atoms with Crippen LogP contribution in [0.3, 0.4) is 0 Å². The van der Waals surface area contributed by atoms with Crippen molar-refractivity contribution >= 4 is 45.6 Å². The van der Waals surface area contributed by atoms with Crippen LogP contribution in [0.1, 0.15) is 0 Å². The van der Waals surface area contributed by atoms with Gasteiger partial charge in [-0.15, -0.1) is 10.2 Å². The Morgan fingerprint density at radius 2 is 2.28 bits per heavy atom. The lowest BCUT2D eigenvalue weighted by molar-refractivity contribution is -0.117. The minimum Gasteiger partial charge on any atom is -0.453 e. The van der Waals surface area contributed by atoms with E-state index >= 15 is 0 Å². The van der Waals surface area contributed by atoms with E-state index in [2.05, 4.69) is 20.5 Å². The van der Waals surface area contributed by atoms with Gasteiger partial charge in [0.05, 0.1) is 12.3 Å². The fraction of sp³-hybridized carbons (Fsp3) is 0.250. The molecule has 3 heterocycles. The Morgan fingerprint density at radius 3 is 3.08 bits per heavy atom. The van der Waals surface area contributed by atoms with Gasteiger partial charge in [0.25, 0.3) is 0 Å². The maximum Gasteiger partial charge on any atom is 0.236 e. The van der Waals surface area contributed by atoms with Gasteiger partial charge in [-0.05, 0) is 12.1 Å². The molecule has 1 aromatic carbocycles. The largest absolute Gasteiger partial charge is 0.453 e. The van der Waals surface area contributed by atoms with Crippen LogP contribution in [0.25, 0.3) is 22.6 Å². The maximum atomic E-state index is 12.0. The SMILES string of the molecule is Cn1c(SCC(=O)NC2=NCCS2)nnc1-c1cc2ccccc2o1. The number of nitrogens with one attached hydrogen (secondary N) is 1. The quantitative estimate of drug-likeness (QED) is 0.708. The molecule has 2 aromatic heterocycles. The summed E-state index contributed by atoms with van der Waals surface area (Å²) in [5.41, 5.74) is 0.809. The summed E-state index contributed by atoms with van der Waals surface area (Å²) in [5, 5.41) is 13.5. The number of nitrogens with zero attached hydrogens (tertiary/aromatic N) is 4. The van der Waals surface area contributed by atoms with E-state index < -0.39 is 0 Å². The number of hydrogen-bond acceptors (Lipinski definition) is 7. The Kier molecular flexibility index (Phi) is 4.50. The molecule has 0 saturated heterocycles. The van der Waals surface area contributed by atoms with E-state index in [-0.39, 0.29) is 11.7 Å². The second-order valence-electron chi connectivity index (χ2n) is 5.39. The summed E-state index contributed by atoms with van der Waals surface area (Å²) in [7, 11) is 1.86. The predicted octanol–water partition coefficient (Wildman–Crippen LogP) is 2.54. The lowest BCUT2D eigenvalue weighted by atomic mass is 10.2. The number of amidine groups is 1. The number of thioether (sulfide) groups is 2. The van der Waals surface area contributed by atoms with E-state index in [0.29, 0.717) is 21.9 Å². The molecule has 4 rings (SSSR count). The fourth-order valence-corrected chi connectivity index (χ4v) is 3.90. The molecule has 3 aromatic rings. The molecule has 25 heavy (non-hydrogen) atoms. The Balaban J connectivity index is 1.46. The van der Waals surface area contributed by atoms with Gasteiger partial charge in [-0.2, -0.15) is 0 Å². The molecule has 0 radical (unpaired) electrons. The molecule has 7 nitrogen and oxygen atoms in total. The monoisotopic (exact) mass is 373 g/mol. The number of carbonyl (C=O) groups excluding carboxylic acids is 1. The molecule has 0 atom stereocenters. The summed E-state index contributed by atoms with van der Waals surface area (Å²) in [5.74, 6) is 2.38. The zero-order chi connectivity index (χ0) is 17.2. The van der Waals surface area contributed by atoms with E-state index in [4.69, 9.17) is 4.42 Å². The van der Waals surface area contributed by atoms with Gasteiger partial charge in [0.2, 0.25) is 5.91 Å². The molecule has 0 spiro atoms. The molecular weight excluding hydrogens is 358 g/mol. The Hall–Kier alpha value is -2.26. The van der Waals surface area contributed by atoms with E-state index in [1.54, 1.807) is 11.8 Å². The molecule has 1 N–H and O–H groups in total. The number of aromatic nitrogens is 3. The lowest BCUT2D eigenvalue weighted by Gasteiger charge is -2.04. The second-order valence-corrected chi connectivity index (χ2v) is 7.41. The van der Waals surface area contributed by atoms with Gasteiger partial charge >= 0.3 is 0 Å². The number of para-hydroxylation sites is 1. The van der Waals surface area contributed by atoms with Gasteiger partial charge in [0.1, 0.15) is 5.58 Å². The van der Waals surface area contributed by atoms with Gasteiger partial charge < -0.3 is 14.3 Å². The van der Waals surface area contributed by atoms with Crippen molar-refractivity contribution < 1.29 is 9.21 Å². The minimum atomic E-state index is -0.0913. The molecule has 1 aliphatic rings. The minimum absolute atomic E-state index is 0.0913. The van der Waals surface area contributed by atoms with Crippen molar-refractivity contribution in [2.45, 2.75) is 5.16 Å². The first-order valence-electron chi connectivity index (χ1n) is 7.69. The zero-order valence-corrected chi connectivity index (χ0v) is 15.1. The number of aliphatic imine (C=N–C) groups is 1. The number of benzene rings is 1. The van der Waals surface area contributed by atoms with Gasteiger partial charge in [-0.25, -0.2) is 0 Å². The van der Waals surface area contributed by atoms with Crippen molar-refractivity contribution in [3.05, 3.63) is 30.3 Å². The summed E-state index contributed by atoms with van der Waals surface area (Å²) in [4.78, 5) is 16.2. The molecule has 0 unspecified atom stereocenters. The lowest BCUT2D eigenvalue weighted by Crippen LogP contribution is -2.29. The molecule has 0 bridgehead atoms. The van der Waals surface area contributed by atoms with Gasteiger partial charge in [-0.1, -0.05) is 41.7 Å². The second kappa shape index (κ2) is 6.93. The van der Waals surface area contributed by atoms with Gasteiger partial charge in [-0.3, -0.25) is 9.79 Å². The normalized spacial score (nSPS) is 14.0. The molecule has 0 saturated carbocycles. The third kappa shape index (κ3) is 3.42. The van der Waals surface area contributed by atoms with Crippen molar-refractivity contribution in [2.24, 2.45) is 12.0 Å². The topological polar surface area (TPSA) is 85.3 Å². The Bertz CT molecular complexity index is 929. The van der Waals surface area contributed by atoms with Gasteiger partial charge in [0.15, 0.2) is 21.9 Å². The number of furan rings is 1. The predicted molar refractivity (Wildman–Crippen MR) is 99.8 cm³/mol. The van der Waals surface area contributed by atoms with Crippen LogP contribution in [0.4, 0.5) is 0 Å². The van der Waals surface area contributed by atoms with Crippen molar-refractivity contribution in [1.82, 2.24) is 20.1 Å². The number of carbonyl (C=O) groups is 1. The fourth-order valence-electron chi connectivity index (χ4n) is 2.44. The molecule has 0 aliphatic carbocycles. The molecule has 128 valence electrons. The van der Waals surface area contributed by atoms with Crippen LogP contribution in [0.15, 0.2) is 44.9 Å². The van der Waals surface area contributed by atoms with Crippen LogP contribution in [-0.2, 0) is 11.8 Å². The summed E-state index contributed by atoms with van der Waals surface area (Å²) in [6, 6.07) is 9.74. The third-order valence-electron chi connectivity index (χ3n) is 3.65. The standard InChI is InChI=1S/C16H15N5O2S2/c1-21-14(12-8-10-4-2-3-5-11(10)23-12)19-20-16(21)25-9-13(22)18-15-17-6-7-24-15/h2-5,8H,6-7,9H2,1H3,(H,17,18,22). The highest BCUT2D eigenvalue weighted by Crippen LogP contribution is 2.28. The average Bonchev–Trinajstić information content (AvgIpc) is 3.32. The average molecular weight is 373 g/mol. The smallest absolute Gasteiger partial charge is 0.236 e. The number of amides is 1. The van der Waals surface area contributed by atoms with Crippen molar-refractivity contribution in [3.63, 3.8) is 0 Å². The Morgan fingerprint density at radius 1 is 1.40 bits per heavy atom. The van der Waals surface area contributed by atoms with E-state index in [1.165, 1.54) is 11.8 Å². The van der Waals surface area contributed by atoms with Crippen LogP contribution < -0.4 is 5.32 Å². The van der Waals surface area contributed by atoms with Crippen molar-refractivity contribution in [2.75, 3.05) is 18.1 Å². The van der Waals surface area contributed by atoms with E-state index in [1.807, 2.05) is 41.9 Å². The van der Waals surface area contributed by atoms with Crippen LogP contribution in [-0.4, -0.2) is 43.9 Å². The van der Waals surface area contributed by atoms with Crippen LogP contribution in [0, 0.1) is 0 Å². The third-order valence-corrected chi connectivity index (χ3v) is 5.56. The number of hydrogen-bond donors (Lipinski definition) is 1. The maximum absolute atomic E-state index is 12.0. The summed E-state index contributed by atoms with van der Waals surface area (Å²) >= 11 is 2.89. The van der Waals surface area contributed by atoms with Crippen molar-refractivity contribution in [3.8, 4) is 11.6 Å². The van der Waals surface area contributed by atoms with Crippen LogP contribution >= 0.6 is 23.5 Å². The first-order valence-corrected chi connectivity index (χ1v) is 9.66. The van der Waals surface area contributed by atoms with Crippen LogP contribution in [0.5, 0.6) is 0 Å². The highest BCUT2D eigenvalue weighted by atomic mass is 32.2. The Labute approximate surface area is 152 Å². The first kappa shape index (κ1) is 16.2. The molecule has 0 fully saturated rings. The number of rotatable bonds is 4. The van der Waals surface area contributed by atoms with E-state index in [0.717, 1.165) is 23.3 Å². The molecular formula is C16H15N5O2S2.